The maximum atomic E-state index is 14.2. The van der Waals surface area contributed by atoms with Gasteiger partial charge in [-0.3, -0.25) is 9.59 Å². The zero-order chi connectivity index (χ0) is 27.7. The first kappa shape index (κ1) is 27.0. The van der Waals surface area contributed by atoms with Crippen molar-refractivity contribution in [3.05, 3.63) is 62.3 Å². The molecule has 206 valence electrons. The molecule has 0 fully saturated rings. The number of hydrogen-bond acceptors (Lipinski definition) is 8. The molecule has 1 aromatic heterocycles. The average Bonchev–Trinajstić information content (AvgIpc) is 3.29. The van der Waals surface area contributed by atoms with Crippen molar-refractivity contribution in [2.75, 3.05) is 26.1 Å². The Morgan fingerprint density at radius 3 is 2.62 bits per heavy atom. The Bertz CT molecular complexity index is 1400. The summed E-state index contributed by atoms with van der Waals surface area (Å²) < 4.78 is 16.6. The number of dihydropyridines is 1. The third-order valence-corrected chi connectivity index (χ3v) is 8.85. The van der Waals surface area contributed by atoms with Gasteiger partial charge in [-0.1, -0.05) is 0 Å². The summed E-state index contributed by atoms with van der Waals surface area (Å²) in [4.78, 5) is 41.7. The van der Waals surface area contributed by atoms with E-state index in [4.69, 9.17) is 14.2 Å². The number of nitrogens with one attached hydrogen (secondary N) is 2. The Balaban J connectivity index is 1.61. The summed E-state index contributed by atoms with van der Waals surface area (Å²) in [7, 11) is 3.15. The average molecular weight is 551 g/mol. The van der Waals surface area contributed by atoms with Crippen LogP contribution in [0.2, 0.25) is 0 Å². The van der Waals surface area contributed by atoms with Gasteiger partial charge in [0, 0.05) is 39.4 Å². The molecule has 2 N–H and O–H groups in total. The van der Waals surface area contributed by atoms with Gasteiger partial charge < -0.3 is 24.8 Å². The summed E-state index contributed by atoms with van der Waals surface area (Å²) in [5.41, 5.74) is 4.61. The molecule has 0 saturated carbocycles. The van der Waals surface area contributed by atoms with E-state index in [0.717, 1.165) is 54.7 Å². The number of carbonyl (C=O) groups excluding carboxylic acids is 3. The largest absolute Gasteiger partial charge is 0.497 e. The molecule has 8 nitrogen and oxygen atoms in total. The molecule has 2 aromatic rings. The van der Waals surface area contributed by atoms with Gasteiger partial charge in [-0.15, -0.1) is 11.3 Å². The van der Waals surface area contributed by atoms with Crippen LogP contribution in [0.3, 0.4) is 0 Å². The normalized spacial score (nSPS) is 18.7. The molecular weight excluding hydrogens is 516 g/mol. The van der Waals surface area contributed by atoms with E-state index in [0.29, 0.717) is 50.9 Å². The van der Waals surface area contributed by atoms with E-state index in [9.17, 15) is 14.4 Å². The topological polar surface area (TPSA) is 103 Å². The second-order valence-electron chi connectivity index (χ2n) is 9.96. The van der Waals surface area contributed by atoms with Crippen LogP contribution in [-0.4, -0.2) is 38.5 Å². The van der Waals surface area contributed by atoms with Crippen LogP contribution in [0.1, 0.15) is 78.2 Å². The molecule has 1 amide bonds. The van der Waals surface area contributed by atoms with Gasteiger partial charge in [-0.25, -0.2) is 4.79 Å². The van der Waals surface area contributed by atoms with E-state index in [1.165, 1.54) is 11.3 Å². The van der Waals surface area contributed by atoms with Crippen molar-refractivity contribution in [2.45, 2.75) is 64.7 Å². The molecule has 3 aliphatic rings. The minimum absolute atomic E-state index is 0.00947. The van der Waals surface area contributed by atoms with Gasteiger partial charge in [0.25, 0.3) is 5.91 Å². The fourth-order valence-electron chi connectivity index (χ4n) is 5.90. The maximum Gasteiger partial charge on any atom is 0.341 e. The summed E-state index contributed by atoms with van der Waals surface area (Å²) in [6.07, 6.45) is 5.60. The highest BCUT2D eigenvalue weighted by Crippen LogP contribution is 2.47. The van der Waals surface area contributed by atoms with Gasteiger partial charge in [0.1, 0.15) is 16.5 Å². The molecule has 2 aliphatic carbocycles. The summed E-state index contributed by atoms with van der Waals surface area (Å²) in [6.45, 7) is 3.88. The molecule has 1 atom stereocenters. The van der Waals surface area contributed by atoms with Crippen LogP contribution >= 0.6 is 11.3 Å². The van der Waals surface area contributed by atoms with E-state index in [2.05, 4.69) is 10.6 Å². The number of methoxy groups -OCH3 is 2. The molecule has 2 heterocycles. The lowest BCUT2D eigenvalue weighted by Gasteiger charge is -2.35. The van der Waals surface area contributed by atoms with Gasteiger partial charge in [0.05, 0.1) is 32.3 Å². The van der Waals surface area contributed by atoms with Crippen molar-refractivity contribution in [3.63, 3.8) is 0 Å². The number of Topliss-reactive ketones (excluding diaryl/α,β-unsaturated/α-hetero) is 1. The molecule has 0 saturated heterocycles. The van der Waals surface area contributed by atoms with E-state index in [1.807, 2.05) is 13.0 Å². The highest BCUT2D eigenvalue weighted by atomic mass is 32.1. The first-order chi connectivity index (χ1) is 18.9. The van der Waals surface area contributed by atoms with Gasteiger partial charge in [0.15, 0.2) is 5.78 Å². The van der Waals surface area contributed by atoms with Crippen LogP contribution in [0.4, 0.5) is 5.00 Å². The quantitative estimate of drug-likeness (QED) is 0.443. The number of hydrogen-bond donors (Lipinski definition) is 2. The summed E-state index contributed by atoms with van der Waals surface area (Å²) in [5.74, 6) is -0.274. The second-order valence-corrected chi connectivity index (χ2v) is 11.1. The molecule has 0 spiro atoms. The van der Waals surface area contributed by atoms with Crippen LogP contribution < -0.4 is 20.1 Å². The van der Waals surface area contributed by atoms with Crippen LogP contribution in [0.5, 0.6) is 11.5 Å². The molecule has 0 unspecified atom stereocenters. The molecule has 9 heteroatoms. The lowest BCUT2D eigenvalue weighted by Crippen LogP contribution is -2.35. The summed E-state index contributed by atoms with van der Waals surface area (Å²) in [6, 6.07) is 5.41. The fourth-order valence-corrected chi connectivity index (χ4v) is 7.18. The zero-order valence-electron chi connectivity index (χ0n) is 22.8. The number of rotatable bonds is 7. The van der Waals surface area contributed by atoms with Gasteiger partial charge in [0.2, 0.25) is 0 Å². The monoisotopic (exact) mass is 550 g/mol. The number of esters is 1. The Morgan fingerprint density at radius 2 is 1.87 bits per heavy atom. The Kier molecular flexibility index (Phi) is 7.79. The Labute approximate surface area is 232 Å². The molecule has 39 heavy (non-hydrogen) atoms. The number of fused-ring (bicyclic) bond motifs is 1. The lowest BCUT2D eigenvalue weighted by atomic mass is 9.74. The highest BCUT2D eigenvalue weighted by molar-refractivity contribution is 7.17. The number of ketones is 1. The van der Waals surface area contributed by atoms with Crippen molar-refractivity contribution in [2.24, 2.45) is 0 Å². The summed E-state index contributed by atoms with van der Waals surface area (Å²) >= 11 is 1.44. The van der Waals surface area contributed by atoms with Gasteiger partial charge in [-0.2, -0.15) is 0 Å². The molecule has 5 rings (SSSR count). The van der Waals surface area contributed by atoms with Crippen molar-refractivity contribution in [1.29, 1.82) is 0 Å². The summed E-state index contributed by atoms with van der Waals surface area (Å²) in [5, 5.41) is 6.91. The minimum Gasteiger partial charge on any atom is -0.497 e. The van der Waals surface area contributed by atoms with Crippen LogP contribution in [0.15, 0.2) is 40.7 Å². The van der Waals surface area contributed by atoms with Crippen LogP contribution in [-0.2, 0) is 27.2 Å². The Hall–Kier alpha value is -3.59. The standard InChI is InChI=1S/C30H34N2O6S/c1-5-38-30(35)26-18-9-6-7-12-23(18)39-29(26)32-28(34)24-16(2)31-20-10-8-11-21(33)27(20)25(24)19-15-17(36-3)13-14-22(19)37-4/h13-15,25,31H,5-12H2,1-4H3,(H,32,34)/t25-/m1/s1. The van der Waals surface area contributed by atoms with E-state index < -0.39 is 11.9 Å². The SMILES string of the molecule is CCOC(=O)c1c(NC(=O)C2=C(C)NC3=C(C(=O)CCC3)[C@@H]2c2cc(OC)ccc2OC)sc2c1CCCC2. The number of aryl methyl sites for hydroxylation is 1. The molecule has 0 radical (unpaired) electrons. The minimum atomic E-state index is -0.653. The molecular formula is C30H34N2O6S. The van der Waals surface area contributed by atoms with E-state index in [1.54, 1.807) is 33.3 Å². The maximum absolute atomic E-state index is 14.2. The van der Waals surface area contributed by atoms with E-state index >= 15 is 0 Å². The number of amides is 1. The predicted molar refractivity (Wildman–Crippen MR) is 150 cm³/mol. The highest BCUT2D eigenvalue weighted by Gasteiger charge is 2.40. The first-order valence-corrected chi connectivity index (χ1v) is 14.3. The first-order valence-electron chi connectivity index (χ1n) is 13.5. The van der Waals surface area contributed by atoms with Crippen molar-refractivity contribution in [3.8, 4) is 11.5 Å². The molecule has 1 aromatic carbocycles. The number of carbonyl (C=O) groups is 3. The van der Waals surface area contributed by atoms with Crippen molar-refractivity contribution in [1.82, 2.24) is 5.32 Å². The fraction of sp³-hybridized carbons (Fsp3) is 0.433. The number of anilines is 1. The predicted octanol–water partition coefficient (Wildman–Crippen LogP) is 5.43. The zero-order valence-corrected chi connectivity index (χ0v) is 23.6. The smallest absolute Gasteiger partial charge is 0.341 e. The Morgan fingerprint density at radius 1 is 1.08 bits per heavy atom. The second kappa shape index (κ2) is 11.3. The third kappa shape index (κ3) is 4.95. The number of benzene rings is 1. The third-order valence-electron chi connectivity index (χ3n) is 7.65. The molecule has 0 bridgehead atoms. The van der Waals surface area contributed by atoms with Crippen molar-refractivity contribution < 1.29 is 28.6 Å². The van der Waals surface area contributed by atoms with Crippen molar-refractivity contribution >= 4 is 34.0 Å². The lowest BCUT2D eigenvalue weighted by molar-refractivity contribution is -0.116. The van der Waals surface area contributed by atoms with Crippen LogP contribution in [0.25, 0.3) is 0 Å². The number of allylic oxidation sites excluding steroid dienone is 3. The molecule has 1 aliphatic heterocycles. The number of thiophene rings is 1. The van der Waals surface area contributed by atoms with Gasteiger partial charge in [-0.05, 0) is 76.1 Å². The van der Waals surface area contributed by atoms with E-state index in [-0.39, 0.29) is 18.3 Å². The van der Waals surface area contributed by atoms with Crippen LogP contribution in [0, 0.1) is 0 Å². The number of ether oxygens (including phenoxy) is 3. The van der Waals surface area contributed by atoms with Gasteiger partial charge >= 0.3 is 5.97 Å².